The molecule has 1 saturated carbocycles. The minimum atomic E-state index is -0.162. The van der Waals surface area contributed by atoms with Crippen LogP contribution in [-0.4, -0.2) is 31.6 Å². The van der Waals surface area contributed by atoms with Gasteiger partial charge in [0.25, 0.3) is 0 Å². The smallest absolute Gasteiger partial charge is 0.123 e. The van der Waals surface area contributed by atoms with Crippen LogP contribution in [0.5, 0.6) is 0 Å². The molecular formula is C17H27FN2. The third-order valence-electron chi connectivity index (χ3n) is 4.11. The highest BCUT2D eigenvalue weighted by Crippen LogP contribution is 2.30. The Morgan fingerprint density at radius 2 is 1.95 bits per heavy atom. The van der Waals surface area contributed by atoms with Crippen LogP contribution in [0.15, 0.2) is 24.3 Å². The van der Waals surface area contributed by atoms with E-state index in [-0.39, 0.29) is 5.82 Å². The summed E-state index contributed by atoms with van der Waals surface area (Å²) >= 11 is 0. The molecule has 1 aliphatic carbocycles. The normalized spacial score (nSPS) is 16.6. The number of halogens is 1. The fourth-order valence-electron chi connectivity index (χ4n) is 2.76. The Balaban J connectivity index is 1.86. The monoisotopic (exact) mass is 278 g/mol. The Morgan fingerprint density at radius 1 is 1.25 bits per heavy atom. The summed E-state index contributed by atoms with van der Waals surface area (Å²) in [6.07, 6.45) is 5.11. The summed E-state index contributed by atoms with van der Waals surface area (Å²) in [6.45, 7) is 5.81. The summed E-state index contributed by atoms with van der Waals surface area (Å²) in [5.41, 5.74) is 1.18. The lowest BCUT2D eigenvalue weighted by Gasteiger charge is -2.25. The van der Waals surface area contributed by atoms with Crippen LogP contribution in [0.4, 0.5) is 4.39 Å². The molecule has 20 heavy (non-hydrogen) atoms. The van der Waals surface area contributed by atoms with Crippen molar-refractivity contribution < 1.29 is 4.39 Å². The molecule has 0 aliphatic heterocycles. The average Bonchev–Trinajstić information content (AvgIpc) is 3.25. The Kier molecular flexibility index (Phi) is 5.99. The highest BCUT2D eigenvalue weighted by atomic mass is 19.1. The van der Waals surface area contributed by atoms with Crippen molar-refractivity contribution in [1.82, 2.24) is 10.2 Å². The van der Waals surface area contributed by atoms with Crippen molar-refractivity contribution in [2.75, 3.05) is 26.7 Å². The third kappa shape index (κ3) is 4.88. The molecule has 1 atom stereocenters. The summed E-state index contributed by atoms with van der Waals surface area (Å²) in [7, 11) is 1.99. The second kappa shape index (κ2) is 7.75. The first-order chi connectivity index (χ1) is 9.72. The van der Waals surface area contributed by atoms with Gasteiger partial charge in [0.1, 0.15) is 5.82 Å². The lowest BCUT2D eigenvalue weighted by atomic mass is 10.0. The third-order valence-corrected chi connectivity index (χ3v) is 4.11. The second-order valence-corrected chi connectivity index (χ2v) is 5.93. The van der Waals surface area contributed by atoms with Gasteiger partial charge in [-0.15, -0.1) is 0 Å². The standard InChI is InChI=1S/C17H27FN2/c1-3-11-20(13-14-4-5-14)12-10-17(19-2)15-6-8-16(18)9-7-15/h6-9,14,17,19H,3-5,10-13H2,1-2H3. The molecule has 3 heteroatoms. The van der Waals surface area contributed by atoms with E-state index in [0.29, 0.717) is 6.04 Å². The van der Waals surface area contributed by atoms with E-state index in [1.54, 1.807) is 12.1 Å². The molecule has 0 radical (unpaired) electrons. The Labute approximate surface area is 122 Å². The summed E-state index contributed by atoms with van der Waals surface area (Å²) in [4.78, 5) is 2.59. The van der Waals surface area contributed by atoms with Gasteiger partial charge in [0.2, 0.25) is 0 Å². The van der Waals surface area contributed by atoms with E-state index in [4.69, 9.17) is 0 Å². The van der Waals surface area contributed by atoms with Gasteiger partial charge in [-0.3, -0.25) is 0 Å². The quantitative estimate of drug-likeness (QED) is 0.742. The minimum Gasteiger partial charge on any atom is -0.313 e. The molecule has 1 fully saturated rings. The van der Waals surface area contributed by atoms with Gasteiger partial charge in [0.05, 0.1) is 0 Å². The number of rotatable bonds is 9. The molecule has 1 aromatic carbocycles. The van der Waals surface area contributed by atoms with Gasteiger partial charge in [-0.25, -0.2) is 4.39 Å². The lowest BCUT2D eigenvalue weighted by molar-refractivity contribution is 0.249. The molecule has 0 aromatic heterocycles. The lowest BCUT2D eigenvalue weighted by Crippen LogP contribution is -2.31. The van der Waals surface area contributed by atoms with E-state index in [9.17, 15) is 4.39 Å². The van der Waals surface area contributed by atoms with Gasteiger partial charge in [0, 0.05) is 12.6 Å². The fraction of sp³-hybridized carbons (Fsp3) is 0.647. The minimum absolute atomic E-state index is 0.162. The first-order valence-corrected chi connectivity index (χ1v) is 7.88. The van der Waals surface area contributed by atoms with E-state index in [1.807, 2.05) is 19.2 Å². The van der Waals surface area contributed by atoms with Gasteiger partial charge >= 0.3 is 0 Å². The average molecular weight is 278 g/mol. The Bertz CT molecular complexity index is 386. The zero-order valence-electron chi connectivity index (χ0n) is 12.7. The van der Waals surface area contributed by atoms with Crippen molar-refractivity contribution in [2.24, 2.45) is 5.92 Å². The molecule has 1 unspecified atom stereocenters. The van der Waals surface area contributed by atoms with Crippen LogP contribution < -0.4 is 5.32 Å². The van der Waals surface area contributed by atoms with Crippen molar-refractivity contribution in [3.63, 3.8) is 0 Å². The van der Waals surface area contributed by atoms with Crippen LogP contribution >= 0.6 is 0 Å². The molecule has 2 rings (SSSR count). The summed E-state index contributed by atoms with van der Waals surface area (Å²) in [6, 6.07) is 7.19. The largest absolute Gasteiger partial charge is 0.313 e. The molecule has 1 aliphatic rings. The molecule has 2 nitrogen and oxygen atoms in total. The van der Waals surface area contributed by atoms with Crippen LogP contribution in [0.1, 0.15) is 44.2 Å². The summed E-state index contributed by atoms with van der Waals surface area (Å²) in [5, 5.41) is 3.36. The summed E-state index contributed by atoms with van der Waals surface area (Å²) < 4.78 is 13.0. The van der Waals surface area contributed by atoms with Crippen molar-refractivity contribution in [1.29, 1.82) is 0 Å². The van der Waals surface area contributed by atoms with Gasteiger partial charge in [0.15, 0.2) is 0 Å². The van der Waals surface area contributed by atoms with Crippen LogP contribution in [-0.2, 0) is 0 Å². The first kappa shape index (κ1) is 15.5. The van der Waals surface area contributed by atoms with E-state index in [0.717, 1.165) is 18.9 Å². The van der Waals surface area contributed by atoms with E-state index < -0.39 is 0 Å². The Morgan fingerprint density at radius 3 is 2.50 bits per heavy atom. The highest BCUT2D eigenvalue weighted by Gasteiger charge is 2.24. The number of benzene rings is 1. The molecule has 0 spiro atoms. The van der Waals surface area contributed by atoms with Crippen LogP contribution in [0, 0.1) is 11.7 Å². The van der Waals surface area contributed by atoms with E-state index in [1.165, 1.54) is 37.9 Å². The fourth-order valence-corrected chi connectivity index (χ4v) is 2.76. The van der Waals surface area contributed by atoms with Gasteiger partial charge < -0.3 is 10.2 Å². The molecule has 1 N–H and O–H groups in total. The van der Waals surface area contributed by atoms with Gasteiger partial charge in [-0.2, -0.15) is 0 Å². The van der Waals surface area contributed by atoms with Crippen LogP contribution in [0.25, 0.3) is 0 Å². The topological polar surface area (TPSA) is 15.3 Å². The predicted molar refractivity (Wildman–Crippen MR) is 82.3 cm³/mol. The van der Waals surface area contributed by atoms with Gasteiger partial charge in [-0.1, -0.05) is 19.1 Å². The molecular weight excluding hydrogens is 251 g/mol. The van der Waals surface area contributed by atoms with E-state index >= 15 is 0 Å². The predicted octanol–water partition coefficient (Wildman–Crippen LogP) is 3.60. The maximum absolute atomic E-state index is 13.0. The number of nitrogens with one attached hydrogen (secondary N) is 1. The van der Waals surface area contributed by atoms with E-state index in [2.05, 4.69) is 17.1 Å². The SMILES string of the molecule is CCCN(CCC(NC)c1ccc(F)cc1)CC1CC1. The first-order valence-electron chi connectivity index (χ1n) is 7.88. The zero-order chi connectivity index (χ0) is 14.4. The Hall–Kier alpha value is -0.930. The van der Waals surface area contributed by atoms with Crippen molar-refractivity contribution >= 4 is 0 Å². The molecule has 0 amide bonds. The zero-order valence-corrected chi connectivity index (χ0v) is 12.7. The maximum atomic E-state index is 13.0. The van der Waals surface area contributed by atoms with Gasteiger partial charge in [-0.05, 0) is 69.4 Å². The molecule has 112 valence electrons. The molecule has 1 aromatic rings. The molecule has 0 heterocycles. The number of hydrogen-bond donors (Lipinski definition) is 1. The second-order valence-electron chi connectivity index (χ2n) is 5.93. The number of nitrogens with zero attached hydrogens (tertiary/aromatic N) is 1. The van der Waals surface area contributed by atoms with Crippen molar-refractivity contribution in [2.45, 2.75) is 38.6 Å². The van der Waals surface area contributed by atoms with Crippen molar-refractivity contribution in [3.8, 4) is 0 Å². The maximum Gasteiger partial charge on any atom is 0.123 e. The molecule has 0 saturated heterocycles. The summed E-state index contributed by atoms with van der Waals surface area (Å²) in [5.74, 6) is 0.783. The van der Waals surface area contributed by atoms with Crippen LogP contribution in [0.2, 0.25) is 0 Å². The highest BCUT2D eigenvalue weighted by molar-refractivity contribution is 5.19. The van der Waals surface area contributed by atoms with Crippen molar-refractivity contribution in [3.05, 3.63) is 35.6 Å². The molecule has 0 bridgehead atoms. The van der Waals surface area contributed by atoms with Crippen LogP contribution in [0.3, 0.4) is 0 Å². The number of hydrogen-bond acceptors (Lipinski definition) is 2.